The Morgan fingerprint density at radius 2 is 1.10 bits per heavy atom. The smallest absolute Gasteiger partial charge is 0.780 e. The van der Waals surface area contributed by atoms with Crippen molar-refractivity contribution < 1.29 is 119 Å². The Hall–Kier alpha value is -1.67. The molecule has 0 spiro atoms. The third-order valence-corrected chi connectivity index (χ3v) is 12.9. The standard InChI is InChI=1S/C22H26F3O5P.C22H25F3O2.CH4.2Na/c23-22(24,25)13-29-21(16-7-3-8-17(12-16)30-31(26,27)28)20-15-6-4-10-19(20)18-9-2-1-5-14(18)11-15;23-22(24,25)13-27-21(16-7-3-8-17(26)12-16)20-15-6-4-10-19(20)18-9-2-1-5-14(18)11-15;;;/h3,7-8,12,15,19H,1-2,4-6,9-11,13H2,(H2,26,27,28);3,7-8,12,15,19,26H,1-2,4-6,9-11,13H2;1H4;;/q;;;2*+1/p-2/b2*21-20+;;;. The number of ether oxygens (including phenoxy) is 2. The SMILES string of the molecule is C.O=P([O-])([O-])Oc1cccc(/C(OCC(F)(F)F)=C2/C3CCCC2C2=C(CCCC2)C3)c1.Oc1cccc(/C(OCC(F)(F)F)=C2/C3CCCC2C2=C(CCCC2)C3)c1.[Na+].[Na+]. The van der Waals surface area contributed by atoms with E-state index < -0.39 is 33.4 Å². The number of phosphoric acid groups is 1. The Bertz CT molecular complexity index is 2020. The monoisotopic (exact) mass is 896 g/mol. The summed E-state index contributed by atoms with van der Waals surface area (Å²) < 4.78 is 104. The van der Waals surface area contributed by atoms with Crippen LogP contribution in [0.5, 0.6) is 11.5 Å². The van der Waals surface area contributed by atoms with Crippen molar-refractivity contribution in [3.05, 3.63) is 93.1 Å². The zero-order chi connectivity index (χ0) is 41.2. The van der Waals surface area contributed by atoms with Crippen LogP contribution in [0.3, 0.4) is 0 Å². The summed E-state index contributed by atoms with van der Waals surface area (Å²) in [7, 11) is -5.29. The molecular weight excluding hydrogens is 843 g/mol. The number of allylic oxidation sites excluding steroid dienone is 6. The number of rotatable bonds is 8. The average Bonchev–Trinajstić information content (AvgIpc) is 3.14. The van der Waals surface area contributed by atoms with Gasteiger partial charge in [0.2, 0.25) is 0 Å². The van der Waals surface area contributed by atoms with E-state index in [2.05, 4.69) is 4.52 Å². The van der Waals surface area contributed by atoms with Crippen molar-refractivity contribution in [3.63, 3.8) is 0 Å². The van der Waals surface area contributed by atoms with Gasteiger partial charge in [-0.05, 0) is 137 Å². The molecule has 324 valence electrons. The van der Waals surface area contributed by atoms with Crippen LogP contribution in [0.25, 0.3) is 11.5 Å². The molecule has 4 bridgehead atoms. The quantitative estimate of drug-likeness (QED) is 0.116. The maximum absolute atomic E-state index is 13.1. The molecule has 0 radical (unpaired) electrons. The number of hydrogen-bond acceptors (Lipinski definition) is 7. The molecule has 0 amide bonds. The van der Waals surface area contributed by atoms with E-state index in [9.17, 15) is 45.8 Å². The van der Waals surface area contributed by atoms with E-state index in [1.807, 2.05) is 0 Å². The molecule has 4 unspecified atom stereocenters. The fourth-order valence-electron chi connectivity index (χ4n) is 10.5. The van der Waals surface area contributed by atoms with Gasteiger partial charge in [0, 0.05) is 23.0 Å². The number of fused-ring (bicyclic) bond motifs is 6. The predicted octanol–water partition coefficient (Wildman–Crippen LogP) is 5.89. The normalized spacial score (nSPS) is 25.1. The Kier molecular flexibility index (Phi) is 18.7. The summed E-state index contributed by atoms with van der Waals surface area (Å²) in [6, 6.07) is 12.0. The molecule has 61 heavy (non-hydrogen) atoms. The molecule has 2 fully saturated rings. The molecule has 1 N–H and O–H groups in total. The minimum atomic E-state index is -5.29. The van der Waals surface area contributed by atoms with Gasteiger partial charge in [0.15, 0.2) is 13.2 Å². The Morgan fingerprint density at radius 1 is 0.656 bits per heavy atom. The number of halogens is 6. The molecule has 0 aromatic heterocycles. The van der Waals surface area contributed by atoms with E-state index in [1.165, 1.54) is 53.5 Å². The largest absolute Gasteiger partial charge is 1.00 e. The molecule has 7 nitrogen and oxygen atoms in total. The summed E-state index contributed by atoms with van der Waals surface area (Å²) in [6.07, 6.45) is 7.60. The number of benzene rings is 2. The van der Waals surface area contributed by atoms with Gasteiger partial charge in [0.25, 0.3) is 0 Å². The molecule has 2 aromatic rings. The van der Waals surface area contributed by atoms with Crippen molar-refractivity contribution >= 4 is 19.3 Å². The number of phenols is 1. The molecule has 8 rings (SSSR count). The van der Waals surface area contributed by atoms with E-state index in [-0.39, 0.29) is 107 Å². The fourth-order valence-corrected chi connectivity index (χ4v) is 10.9. The summed E-state index contributed by atoms with van der Waals surface area (Å²) in [5.74, 6) is 0.910. The number of hydrogen-bond donors (Lipinski definition) is 1. The summed E-state index contributed by atoms with van der Waals surface area (Å²) >= 11 is 0. The second kappa shape index (κ2) is 22.0. The van der Waals surface area contributed by atoms with Crippen LogP contribution in [0, 0.1) is 23.7 Å². The van der Waals surface area contributed by atoms with E-state index in [4.69, 9.17) is 9.47 Å². The minimum absolute atomic E-state index is 0. The van der Waals surface area contributed by atoms with Crippen LogP contribution in [0.2, 0.25) is 0 Å². The van der Waals surface area contributed by atoms with Gasteiger partial charge in [0.05, 0.1) is 0 Å². The number of phosphoric ester groups is 1. The maximum Gasteiger partial charge on any atom is 1.00 e. The Labute approximate surface area is 399 Å². The van der Waals surface area contributed by atoms with Gasteiger partial charge in [0.1, 0.15) is 30.8 Å². The van der Waals surface area contributed by atoms with E-state index >= 15 is 0 Å². The first-order valence-electron chi connectivity index (χ1n) is 20.4. The van der Waals surface area contributed by atoms with Crippen LogP contribution in [0.4, 0.5) is 26.3 Å². The van der Waals surface area contributed by atoms with Crippen LogP contribution >= 0.6 is 7.82 Å². The second-order valence-corrected chi connectivity index (χ2v) is 17.5. The molecule has 0 saturated heterocycles. The van der Waals surface area contributed by atoms with Gasteiger partial charge in [-0.15, -0.1) is 0 Å². The van der Waals surface area contributed by atoms with Crippen molar-refractivity contribution in [1.29, 1.82) is 0 Å². The molecule has 4 atom stereocenters. The zero-order valence-corrected chi connectivity index (χ0v) is 39.2. The molecular formula is C45H53F6Na2O7P. The van der Waals surface area contributed by atoms with Gasteiger partial charge in [-0.2, -0.15) is 26.3 Å². The third-order valence-electron chi connectivity index (χ3n) is 12.5. The maximum atomic E-state index is 13.1. The summed E-state index contributed by atoms with van der Waals surface area (Å²) in [5, 5.41) is 9.87. The molecule has 16 heteroatoms. The van der Waals surface area contributed by atoms with Gasteiger partial charge in [-0.1, -0.05) is 66.8 Å². The summed E-state index contributed by atoms with van der Waals surface area (Å²) in [5.41, 5.74) is 8.56. The topological polar surface area (TPSA) is 111 Å². The van der Waals surface area contributed by atoms with E-state index in [0.717, 1.165) is 107 Å². The van der Waals surface area contributed by atoms with Crippen molar-refractivity contribution in [2.24, 2.45) is 23.7 Å². The first kappa shape index (κ1) is 52.0. The molecule has 0 heterocycles. The van der Waals surface area contributed by atoms with Crippen molar-refractivity contribution in [1.82, 2.24) is 0 Å². The van der Waals surface area contributed by atoms with Gasteiger partial charge in [-0.3, -0.25) is 0 Å². The molecule has 0 aliphatic heterocycles. The predicted molar refractivity (Wildman–Crippen MR) is 209 cm³/mol. The van der Waals surface area contributed by atoms with Crippen molar-refractivity contribution in [2.75, 3.05) is 13.2 Å². The Balaban J connectivity index is 0.000000258. The van der Waals surface area contributed by atoms with Crippen LogP contribution in [0.15, 0.2) is 82.0 Å². The van der Waals surface area contributed by atoms with Crippen molar-refractivity contribution in [2.45, 2.75) is 123 Å². The van der Waals surface area contributed by atoms with Gasteiger partial charge >= 0.3 is 71.5 Å². The summed E-state index contributed by atoms with van der Waals surface area (Å²) in [4.78, 5) is 22.0. The van der Waals surface area contributed by atoms with Crippen LogP contribution in [-0.4, -0.2) is 30.7 Å². The van der Waals surface area contributed by atoms with Crippen LogP contribution in [-0.2, 0) is 14.0 Å². The fraction of sp³-hybridized carbons (Fsp3) is 0.556. The van der Waals surface area contributed by atoms with Crippen LogP contribution < -0.4 is 73.4 Å². The molecule has 2 saturated carbocycles. The van der Waals surface area contributed by atoms with E-state index in [0.29, 0.717) is 16.9 Å². The summed E-state index contributed by atoms with van der Waals surface area (Å²) in [6.45, 7) is -2.74. The molecule has 6 aliphatic carbocycles. The first-order chi connectivity index (χ1) is 27.5. The average molecular weight is 897 g/mol. The Morgan fingerprint density at radius 3 is 1.54 bits per heavy atom. The minimum Gasteiger partial charge on any atom is -0.780 e. The van der Waals surface area contributed by atoms with Crippen LogP contribution in [0.1, 0.15) is 121 Å². The van der Waals surface area contributed by atoms with Gasteiger partial charge in [-0.25, -0.2) is 0 Å². The van der Waals surface area contributed by atoms with Gasteiger partial charge < -0.3 is 33.5 Å². The second-order valence-electron chi connectivity index (χ2n) is 16.4. The third kappa shape index (κ3) is 13.4. The number of aromatic hydroxyl groups is 1. The first-order valence-corrected chi connectivity index (χ1v) is 21.9. The molecule has 2 aromatic carbocycles. The number of alkyl halides is 6. The van der Waals surface area contributed by atoms with E-state index in [1.54, 1.807) is 23.8 Å². The molecule has 6 aliphatic rings. The van der Waals surface area contributed by atoms with Crippen molar-refractivity contribution in [3.8, 4) is 11.5 Å². The zero-order valence-electron chi connectivity index (χ0n) is 34.3. The number of phenolic OH excluding ortho intramolecular Hbond substituents is 1.